The Balaban J connectivity index is 2.05. The van der Waals surface area contributed by atoms with Crippen LogP contribution >= 0.6 is 15.9 Å². The molecule has 0 amide bonds. The lowest BCUT2D eigenvalue weighted by Gasteiger charge is -2.15. The van der Waals surface area contributed by atoms with Crippen LogP contribution in [0.4, 0.5) is 4.39 Å². The largest absolute Gasteiger partial charge is 0.497 e. The highest BCUT2D eigenvalue weighted by Crippen LogP contribution is 2.23. The van der Waals surface area contributed by atoms with Gasteiger partial charge in [0, 0.05) is 11.1 Å². The van der Waals surface area contributed by atoms with Gasteiger partial charge < -0.3 is 9.84 Å². The summed E-state index contributed by atoms with van der Waals surface area (Å²) in [6.45, 7) is 0.0931. The molecule has 0 heterocycles. The van der Waals surface area contributed by atoms with Crippen molar-refractivity contribution in [3.05, 3.63) is 63.9 Å². The first-order chi connectivity index (χ1) is 10.1. The van der Waals surface area contributed by atoms with E-state index >= 15 is 0 Å². The second-order valence-electron chi connectivity index (χ2n) is 5.04. The van der Waals surface area contributed by atoms with E-state index < -0.39 is 0 Å². The van der Waals surface area contributed by atoms with Gasteiger partial charge in [-0.1, -0.05) is 34.1 Å². The average Bonchev–Trinajstić information content (AvgIpc) is 2.49. The summed E-state index contributed by atoms with van der Waals surface area (Å²) in [5.41, 5.74) is 2.15. The Morgan fingerprint density at radius 1 is 1.14 bits per heavy atom. The van der Waals surface area contributed by atoms with E-state index in [9.17, 15) is 9.50 Å². The molecular formula is C17H18BrFO2. The maximum atomic E-state index is 13.1. The fourth-order valence-electron chi connectivity index (χ4n) is 2.29. The number of aliphatic hydroxyl groups excluding tert-OH is 1. The molecule has 0 aliphatic rings. The fourth-order valence-corrected chi connectivity index (χ4v) is 2.81. The highest BCUT2D eigenvalue weighted by atomic mass is 79.9. The Morgan fingerprint density at radius 3 is 2.43 bits per heavy atom. The van der Waals surface area contributed by atoms with Crippen molar-refractivity contribution < 1.29 is 14.2 Å². The predicted octanol–water partition coefficient (Wildman–Crippen LogP) is 3.99. The van der Waals surface area contributed by atoms with Gasteiger partial charge in [-0.05, 0) is 54.2 Å². The van der Waals surface area contributed by atoms with E-state index in [4.69, 9.17) is 4.74 Å². The SMILES string of the molecule is COc1ccc(CC(CO)Cc2ccc(F)cc2Br)cc1. The third-order valence-electron chi connectivity index (χ3n) is 3.47. The lowest BCUT2D eigenvalue weighted by Crippen LogP contribution is -2.13. The summed E-state index contributed by atoms with van der Waals surface area (Å²) < 4.78 is 19.0. The summed E-state index contributed by atoms with van der Waals surface area (Å²) in [6, 6.07) is 12.5. The monoisotopic (exact) mass is 352 g/mol. The highest BCUT2D eigenvalue weighted by Gasteiger charge is 2.12. The molecule has 4 heteroatoms. The smallest absolute Gasteiger partial charge is 0.124 e. The lowest BCUT2D eigenvalue weighted by molar-refractivity contribution is 0.225. The molecule has 0 aromatic heterocycles. The van der Waals surface area contributed by atoms with Crippen LogP contribution in [-0.4, -0.2) is 18.8 Å². The molecule has 0 aliphatic heterocycles. The van der Waals surface area contributed by atoms with Gasteiger partial charge in [0.05, 0.1) is 7.11 Å². The maximum absolute atomic E-state index is 13.1. The first-order valence-electron chi connectivity index (χ1n) is 6.80. The first kappa shape index (κ1) is 16.0. The van der Waals surface area contributed by atoms with Gasteiger partial charge in [-0.2, -0.15) is 0 Å². The van der Waals surface area contributed by atoms with E-state index in [0.717, 1.165) is 27.8 Å². The Labute approximate surface area is 132 Å². The number of benzene rings is 2. The van der Waals surface area contributed by atoms with Crippen molar-refractivity contribution in [1.29, 1.82) is 0 Å². The van der Waals surface area contributed by atoms with Crippen LogP contribution in [0.3, 0.4) is 0 Å². The molecule has 1 N–H and O–H groups in total. The molecule has 0 radical (unpaired) electrons. The number of hydrogen-bond donors (Lipinski definition) is 1. The molecule has 0 fully saturated rings. The van der Waals surface area contributed by atoms with Crippen molar-refractivity contribution in [3.8, 4) is 5.75 Å². The molecule has 1 unspecified atom stereocenters. The molecule has 0 bridgehead atoms. The number of halogens is 2. The molecule has 2 rings (SSSR count). The number of ether oxygens (including phenoxy) is 1. The van der Waals surface area contributed by atoms with E-state index in [1.807, 2.05) is 24.3 Å². The van der Waals surface area contributed by atoms with E-state index in [0.29, 0.717) is 6.42 Å². The van der Waals surface area contributed by atoms with Gasteiger partial charge in [-0.3, -0.25) is 0 Å². The lowest BCUT2D eigenvalue weighted by atomic mass is 9.93. The normalized spacial score (nSPS) is 12.2. The van der Waals surface area contributed by atoms with Crippen molar-refractivity contribution in [1.82, 2.24) is 0 Å². The molecule has 21 heavy (non-hydrogen) atoms. The highest BCUT2D eigenvalue weighted by molar-refractivity contribution is 9.10. The molecular weight excluding hydrogens is 335 g/mol. The number of methoxy groups -OCH3 is 1. The van der Waals surface area contributed by atoms with Crippen molar-refractivity contribution >= 4 is 15.9 Å². The third-order valence-corrected chi connectivity index (χ3v) is 4.20. The summed E-state index contributed by atoms with van der Waals surface area (Å²) in [4.78, 5) is 0. The summed E-state index contributed by atoms with van der Waals surface area (Å²) in [5.74, 6) is 0.655. The van der Waals surface area contributed by atoms with Crippen molar-refractivity contribution in [2.24, 2.45) is 5.92 Å². The summed E-state index contributed by atoms with van der Waals surface area (Å²) in [6.07, 6.45) is 1.47. The Morgan fingerprint density at radius 2 is 1.86 bits per heavy atom. The average molecular weight is 353 g/mol. The molecule has 0 saturated heterocycles. The van der Waals surface area contributed by atoms with Crippen LogP contribution in [0.25, 0.3) is 0 Å². The van der Waals surface area contributed by atoms with Crippen LogP contribution < -0.4 is 4.74 Å². The van der Waals surface area contributed by atoms with Crippen LogP contribution in [0.5, 0.6) is 5.75 Å². The molecule has 0 saturated carbocycles. The topological polar surface area (TPSA) is 29.5 Å². The summed E-state index contributed by atoms with van der Waals surface area (Å²) in [7, 11) is 1.64. The maximum Gasteiger partial charge on any atom is 0.124 e. The van der Waals surface area contributed by atoms with Crippen molar-refractivity contribution in [2.45, 2.75) is 12.8 Å². The Bertz CT molecular complexity index is 584. The minimum Gasteiger partial charge on any atom is -0.497 e. The van der Waals surface area contributed by atoms with Gasteiger partial charge in [0.1, 0.15) is 11.6 Å². The van der Waals surface area contributed by atoms with E-state index in [1.165, 1.54) is 12.1 Å². The molecule has 112 valence electrons. The summed E-state index contributed by atoms with van der Waals surface area (Å²) in [5, 5.41) is 9.58. The van der Waals surface area contributed by atoms with Gasteiger partial charge in [-0.25, -0.2) is 4.39 Å². The second-order valence-corrected chi connectivity index (χ2v) is 5.89. The molecule has 2 aromatic rings. The van der Waals surface area contributed by atoms with Crippen molar-refractivity contribution in [3.63, 3.8) is 0 Å². The molecule has 0 aliphatic carbocycles. The van der Waals surface area contributed by atoms with Gasteiger partial charge in [0.25, 0.3) is 0 Å². The van der Waals surface area contributed by atoms with Gasteiger partial charge in [0.15, 0.2) is 0 Å². The van der Waals surface area contributed by atoms with Crippen molar-refractivity contribution in [2.75, 3.05) is 13.7 Å². The number of rotatable bonds is 6. The molecule has 2 nitrogen and oxygen atoms in total. The molecule has 1 atom stereocenters. The number of aliphatic hydroxyl groups is 1. The summed E-state index contributed by atoms with van der Waals surface area (Å²) >= 11 is 3.37. The Hall–Kier alpha value is -1.39. The van der Waals surface area contributed by atoms with E-state index in [-0.39, 0.29) is 18.3 Å². The fraction of sp³-hybridized carbons (Fsp3) is 0.294. The molecule has 0 spiro atoms. The van der Waals surface area contributed by atoms with Crippen LogP contribution in [0.15, 0.2) is 46.9 Å². The standard InChI is InChI=1S/C17H18BrFO2/c1-21-16-6-2-12(3-7-16)8-13(11-20)9-14-4-5-15(19)10-17(14)18/h2-7,10,13,20H,8-9,11H2,1H3. The zero-order valence-electron chi connectivity index (χ0n) is 11.9. The Kier molecular flexibility index (Phi) is 5.76. The third kappa shape index (κ3) is 4.55. The zero-order valence-corrected chi connectivity index (χ0v) is 13.4. The minimum absolute atomic E-state index is 0.0931. The second kappa shape index (κ2) is 7.57. The minimum atomic E-state index is -0.263. The van der Waals surface area contributed by atoms with Gasteiger partial charge in [0.2, 0.25) is 0 Å². The van der Waals surface area contributed by atoms with Crippen LogP contribution in [0.1, 0.15) is 11.1 Å². The quantitative estimate of drug-likeness (QED) is 0.851. The predicted molar refractivity (Wildman–Crippen MR) is 85.1 cm³/mol. The van der Waals surface area contributed by atoms with Gasteiger partial charge in [-0.15, -0.1) is 0 Å². The zero-order chi connectivity index (χ0) is 15.2. The number of hydrogen-bond acceptors (Lipinski definition) is 2. The van der Waals surface area contributed by atoms with Crippen LogP contribution in [-0.2, 0) is 12.8 Å². The van der Waals surface area contributed by atoms with Crippen LogP contribution in [0.2, 0.25) is 0 Å². The van der Waals surface area contributed by atoms with Gasteiger partial charge >= 0.3 is 0 Å². The molecule has 2 aromatic carbocycles. The van der Waals surface area contributed by atoms with Crippen LogP contribution in [0, 0.1) is 11.7 Å². The first-order valence-corrected chi connectivity index (χ1v) is 7.59. The van der Waals surface area contributed by atoms with E-state index in [1.54, 1.807) is 13.2 Å². The van der Waals surface area contributed by atoms with E-state index in [2.05, 4.69) is 15.9 Å².